The van der Waals surface area contributed by atoms with Gasteiger partial charge < -0.3 is 20.3 Å². The van der Waals surface area contributed by atoms with Crippen LogP contribution in [0.1, 0.15) is 29.9 Å². The molecule has 6 nitrogen and oxygen atoms in total. The topological polar surface area (TPSA) is 61.8 Å². The molecule has 3 heterocycles. The Morgan fingerprint density at radius 2 is 1.68 bits per heavy atom. The number of anilines is 2. The molecule has 4 aromatic rings. The molecular formula is C31H31N5O. The van der Waals surface area contributed by atoms with Crippen LogP contribution in [0.2, 0.25) is 0 Å². The second kappa shape index (κ2) is 10.4. The van der Waals surface area contributed by atoms with Crippen molar-refractivity contribution in [1.29, 1.82) is 0 Å². The van der Waals surface area contributed by atoms with Crippen LogP contribution >= 0.6 is 0 Å². The van der Waals surface area contributed by atoms with Gasteiger partial charge in [-0.3, -0.25) is 0 Å². The van der Waals surface area contributed by atoms with Gasteiger partial charge >= 0.3 is 0 Å². The van der Waals surface area contributed by atoms with E-state index in [9.17, 15) is 0 Å². The van der Waals surface area contributed by atoms with E-state index < -0.39 is 0 Å². The molecule has 1 aromatic heterocycles. The van der Waals surface area contributed by atoms with E-state index in [1.807, 2.05) is 60.7 Å². The van der Waals surface area contributed by atoms with Crippen LogP contribution in [0.15, 0.2) is 89.9 Å². The minimum atomic E-state index is 0.638. The Balaban J connectivity index is 1.31. The molecule has 6 heteroatoms. The van der Waals surface area contributed by atoms with Gasteiger partial charge in [0.15, 0.2) is 0 Å². The smallest absolute Gasteiger partial charge is 0.138 e. The summed E-state index contributed by atoms with van der Waals surface area (Å²) in [5.74, 6) is 2.99. The van der Waals surface area contributed by atoms with Crippen molar-refractivity contribution in [2.75, 3.05) is 25.5 Å². The van der Waals surface area contributed by atoms with Crippen molar-refractivity contribution in [3.05, 3.63) is 96.1 Å². The van der Waals surface area contributed by atoms with E-state index in [2.05, 4.69) is 51.8 Å². The highest BCUT2D eigenvalue weighted by molar-refractivity contribution is 5.79. The Labute approximate surface area is 218 Å². The molecule has 6 rings (SSSR count). The van der Waals surface area contributed by atoms with Crippen LogP contribution < -0.4 is 15.4 Å². The zero-order chi connectivity index (χ0) is 25.0. The quantitative estimate of drug-likeness (QED) is 0.310. The van der Waals surface area contributed by atoms with Crippen molar-refractivity contribution in [3.8, 4) is 22.8 Å². The molecule has 1 fully saturated rings. The Hall–Kier alpha value is -4.16. The molecule has 3 aromatic carbocycles. The molecule has 0 bridgehead atoms. The van der Waals surface area contributed by atoms with Crippen LogP contribution in [0.3, 0.4) is 0 Å². The van der Waals surface area contributed by atoms with E-state index in [4.69, 9.17) is 9.72 Å². The lowest BCUT2D eigenvalue weighted by molar-refractivity contribution is 0.255. The summed E-state index contributed by atoms with van der Waals surface area (Å²) in [6.45, 7) is 3.00. The van der Waals surface area contributed by atoms with Crippen LogP contribution in [0, 0.1) is 0 Å². The van der Waals surface area contributed by atoms with E-state index in [1.165, 1.54) is 18.4 Å². The summed E-state index contributed by atoms with van der Waals surface area (Å²) in [5, 5.41) is 6.80. The first-order chi connectivity index (χ1) is 18.2. The number of nitrogens with one attached hydrogen (secondary N) is 2. The highest BCUT2D eigenvalue weighted by atomic mass is 16.5. The molecule has 2 N–H and O–H groups in total. The van der Waals surface area contributed by atoms with Crippen molar-refractivity contribution < 1.29 is 4.74 Å². The number of likely N-dealkylation sites (tertiary alicyclic amines) is 1. The number of fused-ring (bicyclic) bond motifs is 1. The lowest BCUT2D eigenvalue weighted by Crippen LogP contribution is -2.29. The van der Waals surface area contributed by atoms with Gasteiger partial charge in [-0.25, -0.2) is 9.98 Å². The van der Waals surface area contributed by atoms with Gasteiger partial charge in [0.25, 0.3) is 0 Å². The average Bonchev–Trinajstić information content (AvgIpc) is 2.95. The number of nitrogens with zero attached hydrogens (tertiary/aromatic N) is 3. The zero-order valence-electron chi connectivity index (χ0n) is 21.0. The monoisotopic (exact) mass is 489 g/mol. The number of hydrogen-bond donors (Lipinski definition) is 2. The SMILES string of the molecule is CN1CCC(c2ccc(Nc3nc(-c4ccccc4Oc4ccccc4)cc4c3CNC=N4)cc2)CC1. The highest BCUT2D eigenvalue weighted by Crippen LogP contribution is 2.38. The van der Waals surface area contributed by atoms with Gasteiger partial charge in [-0.15, -0.1) is 0 Å². The molecule has 186 valence electrons. The van der Waals surface area contributed by atoms with Gasteiger partial charge in [-0.05, 0) is 86.9 Å². The molecule has 0 aliphatic carbocycles. The van der Waals surface area contributed by atoms with Crippen LogP contribution in [-0.2, 0) is 6.54 Å². The van der Waals surface area contributed by atoms with Gasteiger partial charge in [0.05, 0.1) is 17.7 Å². The van der Waals surface area contributed by atoms with Crippen LogP contribution in [0.5, 0.6) is 11.5 Å². The summed E-state index contributed by atoms with van der Waals surface area (Å²) >= 11 is 0. The molecule has 0 atom stereocenters. The van der Waals surface area contributed by atoms with Gasteiger partial charge in [0.1, 0.15) is 17.3 Å². The van der Waals surface area contributed by atoms with Gasteiger partial charge in [-0.2, -0.15) is 0 Å². The normalized spacial score (nSPS) is 15.6. The largest absolute Gasteiger partial charge is 0.457 e. The number of para-hydroxylation sites is 2. The lowest BCUT2D eigenvalue weighted by Gasteiger charge is -2.29. The first-order valence-electron chi connectivity index (χ1n) is 12.9. The zero-order valence-corrected chi connectivity index (χ0v) is 21.0. The number of benzene rings is 3. The number of pyridine rings is 1. The predicted octanol–water partition coefficient (Wildman–Crippen LogP) is 6.86. The van der Waals surface area contributed by atoms with Gasteiger partial charge in [0.2, 0.25) is 0 Å². The number of piperidine rings is 1. The van der Waals surface area contributed by atoms with E-state index in [1.54, 1.807) is 6.34 Å². The third-order valence-electron chi connectivity index (χ3n) is 7.17. The van der Waals surface area contributed by atoms with Crippen LogP contribution in [-0.4, -0.2) is 36.4 Å². The molecule has 37 heavy (non-hydrogen) atoms. The molecule has 0 radical (unpaired) electrons. The average molecular weight is 490 g/mol. The number of ether oxygens (including phenoxy) is 1. The third kappa shape index (κ3) is 5.20. The van der Waals surface area contributed by atoms with E-state index in [0.29, 0.717) is 12.5 Å². The van der Waals surface area contributed by atoms with Crippen LogP contribution in [0.4, 0.5) is 17.2 Å². The Morgan fingerprint density at radius 1 is 0.919 bits per heavy atom. The first kappa shape index (κ1) is 23.3. The standard InChI is InChI=1S/C31H31N5O/c1-36-17-15-23(16-18-36)22-11-13-24(14-12-22)34-31-27-20-32-21-33-28(27)19-29(35-31)26-9-5-6-10-30(26)37-25-7-3-2-4-8-25/h2-14,19,21,23H,15-18,20H2,1H3,(H,32,33)(H,34,35). The number of hydrogen-bond acceptors (Lipinski definition) is 6. The molecule has 2 aliphatic heterocycles. The molecule has 2 aliphatic rings. The van der Waals surface area contributed by atoms with E-state index >= 15 is 0 Å². The number of aliphatic imine (C=N–C) groups is 1. The maximum Gasteiger partial charge on any atom is 0.138 e. The van der Waals surface area contributed by atoms with Crippen molar-refractivity contribution in [1.82, 2.24) is 15.2 Å². The van der Waals surface area contributed by atoms with Gasteiger partial charge in [0, 0.05) is 23.4 Å². The second-order valence-corrected chi connectivity index (χ2v) is 9.73. The Kier molecular flexibility index (Phi) is 6.57. The predicted molar refractivity (Wildman–Crippen MR) is 150 cm³/mol. The molecular weight excluding hydrogens is 458 g/mol. The van der Waals surface area contributed by atoms with Crippen molar-refractivity contribution in [2.45, 2.75) is 25.3 Å². The summed E-state index contributed by atoms with van der Waals surface area (Å²) in [6, 6.07) is 28.7. The molecule has 0 spiro atoms. The summed E-state index contributed by atoms with van der Waals surface area (Å²) in [7, 11) is 2.20. The summed E-state index contributed by atoms with van der Waals surface area (Å²) in [5.41, 5.74) is 6.13. The summed E-state index contributed by atoms with van der Waals surface area (Å²) in [6.07, 6.45) is 4.18. The Bertz CT molecular complexity index is 1390. The summed E-state index contributed by atoms with van der Waals surface area (Å²) < 4.78 is 6.23. The maximum atomic E-state index is 6.23. The molecule has 0 unspecified atom stereocenters. The summed E-state index contributed by atoms with van der Waals surface area (Å²) in [4.78, 5) is 12.1. The highest BCUT2D eigenvalue weighted by Gasteiger charge is 2.20. The number of rotatable bonds is 6. The fourth-order valence-corrected chi connectivity index (χ4v) is 5.05. The molecule has 0 amide bonds. The molecule has 1 saturated heterocycles. The fraction of sp³-hybridized carbons (Fsp3) is 0.226. The third-order valence-corrected chi connectivity index (χ3v) is 7.17. The minimum absolute atomic E-state index is 0.638. The van der Waals surface area contributed by atoms with Crippen molar-refractivity contribution >= 4 is 23.5 Å². The first-order valence-corrected chi connectivity index (χ1v) is 12.9. The lowest BCUT2D eigenvalue weighted by atomic mass is 9.89. The van der Waals surface area contributed by atoms with E-state index in [-0.39, 0.29) is 0 Å². The maximum absolute atomic E-state index is 6.23. The second-order valence-electron chi connectivity index (χ2n) is 9.73. The molecule has 0 saturated carbocycles. The van der Waals surface area contributed by atoms with Crippen LogP contribution in [0.25, 0.3) is 11.3 Å². The van der Waals surface area contributed by atoms with E-state index in [0.717, 1.165) is 58.6 Å². The Morgan fingerprint density at radius 3 is 2.49 bits per heavy atom. The fourth-order valence-electron chi connectivity index (χ4n) is 5.05. The minimum Gasteiger partial charge on any atom is -0.457 e. The van der Waals surface area contributed by atoms with Crippen molar-refractivity contribution in [3.63, 3.8) is 0 Å². The van der Waals surface area contributed by atoms with Gasteiger partial charge in [-0.1, -0.05) is 42.5 Å². The van der Waals surface area contributed by atoms with Crippen molar-refractivity contribution in [2.24, 2.45) is 4.99 Å². The number of aromatic nitrogens is 1.